The van der Waals surface area contributed by atoms with Gasteiger partial charge in [-0.25, -0.2) is 4.39 Å². The topological polar surface area (TPSA) is 32.3 Å². The summed E-state index contributed by atoms with van der Waals surface area (Å²) in [5, 5.41) is 3.40. The van der Waals surface area contributed by atoms with Crippen molar-refractivity contribution in [3.8, 4) is 0 Å². The van der Waals surface area contributed by atoms with Gasteiger partial charge in [0.1, 0.15) is 5.82 Å². The summed E-state index contributed by atoms with van der Waals surface area (Å²) in [4.78, 5) is 14.4. The van der Waals surface area contributed by atoms with E-state index in [2.05, 4.69) is 5.32 Å². The summed E-state index contributed by atoms with van der Waals surface area (Å²) in [6.07, 6.45) is 2.25. The average Bonchev–Trinajstić information content (AvgIpc) is 2.86. The summed E-state index contributed by atoms with van der Waals surface area (Å²) in [6.45, 7) is 7.51. The normalized spacial score (nSPS) is 18.6. The van der Waals surface area contributed by atoms with E-state index >= 15 is 0 Å². The summed E-state index contributed by atoms with van der Waals surface area (Å²) in [5.41, 5.74) is 1.21. The van der Waals surface area contributed by atoms with Crippen LogP contribution in [0.3, 0.4) is 0 Å². The van der Waals surface area contributed by atoms with Gasteiger partial charge in [-0.2, -0.15) is 0 Å². The van der Waals surface area contributed by atoms with Crippen molar-refractivity contribution in [2.24, 2.45) is 0 Å². The number of hydrogen-bond acceptors (Lipinski definition) is 2. The molecule has 1 atom stereocenters. The molecule has 1 saturated heterocycles. The largest absolute Gasteiger partial charge is 0.335 e. The van der Waals surface area contributed by atoms with Crippen LogP contribution in [-0.4, -0.2) is 36.0 Å². The Labute approximate surface area is 120 Å². The third-order valence-electron chi connectivity index (χ3n) is 3.75. The number of halogens is 1. The summed E-state index contributed by atoms with van der Waals surface area (Å²) >= 11 is 0. The number of hydrogen-bond donors (Lipinski definition) is 1. The highest BCUT2D eigenvalue weighted by Crippen LogP contribution is 2.15. The van der Waals surface area contributed by atoms with Gasteiger partial charge in [0.05, 0.1) is 0 Å². The van der Waals surface area contributed by atoms with Crippen LogP contribution in [0.25, 0.3) is 0 Å². The number of nitrogens with one attached hydrogen (secondary N) is 1. The van der Waals surface area contributed by atoms with Crippen LogP contribution in [0.2, 0.25) is 0 Å². The van der Waals surface area contributed by atoms with Gasteiger partial charge in [0.25, 0.3) is 5.91 Å². The maximum atomic E-state index is 13.5. The summed E-state index contributed by atoms with van der Waals surface area (Å²) < 4.78 is 13.5. The summed E-state index contributed by atoms with van der Waals surface area (Å²) in [5.74, 6) is -0.438. The molecule has 1 fully saturated rings. The molecular weight excluding hydrogens is 255 g/mol. The van der Waals surface area contributed by atoms with Gasteiger partial charge < -0.3 is 10.2 Å². The second-order valence-electron chi connectivity index (χ2n) is 5.86. The molecule has 0 aromatic heterocycles. The van der Waals surface area contributed by atoms with Crippen LogP contribution >= 0.6 is 0 Å². The molecule has 1 heterocycles. The van der Waals surface area contributed by atoms with Gasteiger partial charge in [0.2, 0.25) is 0 Å². The minimum Gasteiger partial charge on any atom is -0.335 e. The Morgan fingerprint density at radius 2 is 2.20 bits per heavy atom. The molecule has 2 rings (SSSR count). The van der Waals surface area contributed by atoms with E-state index in [9.17, 15) is 9.18 Å². The average molecular weight is 278 g/mol. The van der Waals surface area contributed by atoms with E-state index in [1.54, 1.807) is 13.0 Å². The molecule has 1 aliphatic rings. The van der Waals surface area contributed by atoms with Crippen molar-refractivity contribution in [1.29, 1.82) is 0 Å². The number of benzene rings is 1. The number of amides is 1. The molecule has 0 radical (unpaired) electrons. The van der Waals surface area contributed by atoms with Gasteiger partial charge in [0.15, 0.2) is 0 Å². The molecule has 110 valence electrons. The monoisotopic (exact) mass is 278 g/mol. The molecule has 20 heavy (non-hydrogen) atoms. The Balaban J connectivity index is 2.17. The highest BCUT2D eigenvalue weighted by atomic mass is 19.1. The fraction of sp³-hybridized carbons (Fsp3) is 0.562. The van der Waals surface area contributed by atoms with Gasteiger partial charge in [-0.3, -0.25) is 4.79 Å². The molecule has 1 unspecified atom stereocenters. The fourth-order valence-corrected chi connectivity index (χ4v) is 2.70. The smallest absolute Gasteiger partial charge is 0.254 e. The highest BCUT2D eigenvalue weighted by molar-refractivity contribution is 5.94. The van der Waals surface area contributed by atoms with Crippen LogP contribution in [0.1, 0.15) is 42.6 Å². The predicted molar refractivity (Wildman–Crippen MR) is 78.3 cm³/mol. The molecule has 1 N–H and O–H groups in total. The lowest BCUT2D eigenvalue weighted by Gasteiger charge is -2.29. The van der Waals surface area contributed by atoms with Gasteiger partial charge in [-0.05, 0) is 63.9 Å². The number of nitrogens with zero attached hydrogens (tertiary/aromatic N) is 1. The molecule has 0 spiro atoms. The molecule has 1 aliphatic heterocycles. The molecule has 1 aromatic rings. The lowest BCUT2D eigenvalue weighted by Crippen LogP contribution is -2.44. The first-order chi connectivity index (χ1) is 9.47. The zero-order valence-electron chi connectivity index (χ0n) is 12.4. The maximum Gasteiger partial charge on any atom is 0.254 e. The zero-order valence-corrected chi connectivity index (χ0v) is 12.4. The lowest BCUT2D eigenvalue weighted by atomic mass is 10.1. The van der Waals surface area contributed by atoms with E-state index in [0.29, 0.717) is 18.2 Å². The predicted octanol–water partition coefficient (Wildman–Crippen LogP) is 2.74. The van der Waals surface area contributed by atoms with Crippen LogP contribution in [0.5, 0.6) is 0 Å². The summed E-state index contributed by atoms with van der Waals surface area (Å²) in [6, 6.07) is 4.98. The third kappa shape index (κ3) is 3.57. The Hall–Kier alpha value is -1.42. The van der Waals surface area contributed by atoms with Gasteiger partial charge in [0, 0.05) is 24.2 Å². The quantitative estimate of drug-likeness (QED) is 0.918. The van der Waals surface area contributed by atoms with Crippen LogP contribution in [-0.2, 0) is 0 Å². The standard InChI is InChI=1S/C16H23FN2O/c1-11(2)19(10-15-5-4-6-18-15)16(20)13-7-12(3)8-14(17)9-13/h7-9,11,15,18H,4-6,10H2,1-3H3. The Kier molecular flexibility index (Phi) is 4.76. The molecule has 1 amide bonds. The summed E-state index contributed by atoms with van der Waals surface area (Å²) in [7, 11) is 0. The zero-order chi connectivity index (χ0) is 14.7. The van der Waals surface area contributed by atoms with Crippen molar-refractivity contribution in [3.05, 3.63) is 35.1 Å². The molecule has 0 bridgehead atoms. The van der Waals surface area contributed by atoms with Crippen molar-refractivity contribution in [3.63, 3.8) is 0 Å². The Morgan fingerprint density at radius 3 is 2.75 bits per heavy atom. The van der Waals surface area contributed by atoms with Crippen molar-refractivity contribution < 1.29 is 9.18 Å². The van der Waals surface area contributed by atoms with E-state index in [1.807, 2.05) is 18.7 Å². The van der Waals surface area contributed by atoms with Gasteiger partial charge in [-0.15, -0.1) is 0 Å². The molecule has 1 aromatic carbocycles. The second-order valence-corrected chi connectivity index (χ2v) is 5.86. The lowest BCUT2D eigenvalue weighted by molar-refractivity contribution is 0.0688. The molecule has 3 nitrogen and oxygen atoms in total. The van der Waals surface area contributed by atoms with E-state index in [1.165, 1.54) is 12.1 Å². The highest BCUT2D eigenvalue weighted by Gasteiger charge is 2.24. The maximum absolute atomic E-state index is 13.5. The van der Waals surface area contributed by atoms with Crippen LogP contribution in [0.15, 0.2) is 18.2 Å². The SMILES string of the molecule is Cc1cc(F)cc(C(=O)N(CC2CCCN2)C(C)C)c1. The van der Waals surface area contributed by atoms with E-state index in [-0.39, 0.29) is 17.8 Å². The fourth-order valence-electron chi connectivity index (χ4n) is 2.70. The first-order valence-electron chi connectivity index (χ1n) is 7.29. The number of carbonyl (C=O) groups excluding carboxylic acids is 1. The van der Waals surface area contributed by atoms with E-state index in [4.69, 9.17) is 0 Å². The van der Waals surface area contributed by atoms with Crippen LogP contribution < -0.4 is 5.32 Å². The molecule has 0 aliphatic carbocycles. The van der Waals surface area contributed by atoms with Crippen LogP contribution in [0, 0.1) is 12.7 Å². The second kappa shape index (κ2) is 6.35. The van der Waals surface area contributed by atoms with Crippen molar-refractivity contribution >= 4 is 5.91 Å². The minimum absolute atomic E-state index is 0.0868. The Morgan fingerprint density at radius 1 is 1.45 bits per heavy atom. The first kappa shape index (κ1) is 15.0. The minimum atomic E-state index is -0.351. The number of rotatable bonds is 4. The first-order valence-corrected chi connectivity index (χ1v) is 7.29. The number of aryl methyl sites for hydroxylation is 1. The Bertz CT molecular complexity index is 461. The molecule has 4 heteroatoms. The third-order valence-corrected chi connectivity index (χ3v) is 3.75. The van der Waals surface area contributed by atoms with Crippen molar-refractivity contribution in [2.45, 2.75) is 45.7 Å². The molecular formula is C16H23FN2O. The van der Waals surface area contributed by atoms with Crippen molar-refractivity contribution in [1.82, 2.24) is 10.2 Å². The van der Waals surface area contributed by atoms with Crippen LogP contribution in [0.4, 0.5) is 4.39 Å². The van der Waals surface area contributed by atoms with E-state index in [0.717, 1.165) is 24.9 Å². The van der Waals surface area contributed by atoms with Crippen molar-refractivity contribution in [2.75, 3.05) is 13.1 Å². The van der Waals surface area contributed by atoms with Gasteiger partial charge >= 0.3 is 0 Å². The van der Waals surface area contributed by atoms with Gasteiger partial charge in [-0.1, -0.05) is 0 Å². The number of carbonyl (C=O) groups is 1. The molecule has 0 saturated carbocycles. The van der Waals surface area contributed by atoms with E-state index < -0.39 is 0 Å².